The van der Waals surface area contributed by atoms with Crippen LogP contribution in [-0.4, -0.2) is 10.8 Å². The number of nitro groups is 1. The van der Waals surface area contributed by atoms with Crippen molar-refractivity contribution in [1.82, 2.24) is 0 Å². The molecule has 5 heteroatoms. The second-order valence-electron chi connectivity index (χ2n) is 3.25. The summed E-state index contributed by atoms with van der Waals surface area (Å²) in [5, 5.41) is 10.5. The molecule has 1 aromatic rings. The highest BCUT2D eigenvalue weighted by atomic mass is 35.5. The van der Waals surface area contributed by atoms with E-state index in [0.29, 0.717) is 12.3 Å². The van der Waals surface area contributed by atoms with E-state index >= 15 is 0 Å². The van der Waals surface area contributed by atoms with Crippen molar-refractivity contribution in [2.75, 3.05) is 5.88 Å². The van der Waals surface area contributed by atoms with Crippen LogP contribution in [0.25, 0.3) is 6.08 Å². The standard InChI is InChI=1S/C11H11ClFNO2/c1-2-8(7-12)5-9-6-10(14(15)16)3-4-11(9)13/h3-6H,2,7H2,1H3/b8-5-. The van der Waals surface area contributed by atoms with Crippen LogP contribution in [0.15, 0.2) is 23.8 Å². The molecule has 1 rings (SSSR count). The van der Waals surface area contributed by atoms with E-state index in [-0.39, 0.29) is 11.3 Å². The third-order valence-electron chi connectivity index (χ3n) is 2.18. The summed E-state index contributed by atoms with van der Waals surface area (Å²) >= 11 is 5.65. The first-order valence-corrected chi connectivity index (χ1v) is 5.31. The molecule has 3 nitrogen and oxygen atoms in total. The van der Waals surface area contributed by atoms with Crippen molar-refractivity contribution in [3.05, 3.63) is 45.3 Å². The van der Waals surface area contributed by atoms with Gasteiger partial charge in [0.2, 0.25) is 0 Å². The molecule has 0 aliphatic rings. The van der Waals surface area contributed by atoms with Crippen molar-refractivity contribution in [2.24, 2.45) is 0 Å². The Labute approximate surface area is 97.7 Å². The molecular weight excluding hydrogens is 233 g/mol. The monoisotopic (exact) mass is 243 g/mol. The van der Waals surface area contributed by atoms with E-state index in [4.69, 9.17) is 11.6 Å². The topological polar surface area (TPSA) is 43.1 Å². The number of rotatable bonds is 4. The van der Waals surface area contributed by atoms with Crippen LogP contribution in [0, 0.1) is 15.9 Å². The predicted octanol–water partition coefficient (Wildman–Crippen LogP) is 3.77. The van der Waals surface area contributed by atoms with Gasteiger partial charge in [-0.3, -0.25) is 10.1 Å². The first kappa shape index (κ1) is 12.6. The first-order chi connectivity index (χ1) is 7.58. The SMILES string of the molecule is CC/C(=C/c1cc([N+](=O)[O-])ccc1F)CCl. The van der Waals surface area contributed by atoms with E-state index < -0.39 is 10.7 Å². The fraction of sp³-hybridized carbons (Fsp3) is 0.273. The summed E-state index contributed by atoms with van der Waals surface area (Å²) in [5.41, 5.74) is 0.908. The molecule has 0 radical (unpaired) electrons. The molecule has 0 aliphatic carbocycles. The van der Waals surface area contributed by atoms with E-state index in [9.17, 15) is 14.5 Å². The van der Waals surface area contributed by atoms with Crippen molar-refractivity contribution in [3.8, 4) is 0 Å². The molecule has 86 valence electrons. The fourth-order valence-corrected chi connectivity index (χ4v) is 1.48. The number of halogens is 2. The van der Waals surface area contributed by atoms with Gasteiger partial charge in [-0.25, -0.2) is 4.39 Å². The van der Waals surface area contributed by atoms with Gasteiger partial charge in [0, 0.05) is 23.6 Å². The van der Waals surface area contributed by atoms with Crippen LogP contribution in [0.5, 0.6) is 0 Å². The molecule has 0 saturated heterocycles. The Kier molecular flexibility index (Phi) is 4.43. The van der Waals surface area contributed by atoms with Crippen LogP contribution in [0.4, 0.5) is 10.1 Å². The number of allylic oxidation sites excluding steroid dienone is 1. The fourth-order valence-electron chi connectivity index (χ4n) is 1.21. The molecule has 0 unspecified atom stereocenters. The molecule has 1 aromatic carbocycles. The van der Waals surface area contributed by atoms with Crippen molar-refractivity contribution >= 4 is 23.4 Å². The van der Waals surface area contributed by atoms with Crippen LogP contribution in [-0.2, 0) is 0 Å². The Hall–Kier alpha value is -1.42. The minimum Gasteiger partial charge on any atom is -0.258 e. The lowest BCUT2D eigenvalue weighted by Gasteiger charge is -2.01. The van der Waals surface area contributed by atoms with E-state index in [0.717, 1.165) is 17.7 Å². The Morgan fingerprint density at radius 1 is 1.62 bits per heavy atom. The summed E-state index contributed by atoms with van der Waals surface area (Å²) in [5.74, 6) is -0.194. The predicted molar refractivity (Wildman–Crippen MR) is 62.0 cm³/mol. The zero-order valence-corrected chi connectivity index (χ0v) is 9.50. The number of nitro benzene ring substituents is 1. The summed E-state index contributed by atoms with van der Waals surface area (Å²) in [7, 11) is 0. The maximum absolute atomic E-state index is 13.4. The molecule has 0 amide bonds. The highest BCUT2D eigenvalue weighted by Crippen LogP contribution is 2.20. The van der Waals surface area contributed by atoms with Gasteiger partial charge in [-0.2, -0.15) is 0 Å². The maximum atomic E-state index is 13.4. The lowest BCUT2D eigenvalue weighted by molar-refractivity contribution is -0.384. The first-order valence-electron chi connectivity index (χ1n) is 4.77. The molecule has 0 aromatic heterocycles. The van der Waals surface area contributed by atoms with Crippen LogP contribution < -0.4 is 0 Å². The highest BCUT2D eigenvalue weighted by Gasteiger charge is 2.09. The summed E-state index contributed by atoms with van der Waals surface area (Å²) in [6, 6.07) is 3.43. The Bertz CT molecular complexity index is 426. The molecule has 0 spiro atoms. The Morgan fingerprint density at radius 2 is 2.31 bits per heavy atom. The van der Waals surface area contributed by atoms with Crippen LogP contribution in [0.2, 0.25) is 0 Å². The highest BCUT2D eigenvalue weighted by molar-refractivity contribution is 6.19. The van der Waals surface area contributed by atoms with Gasteiger partial charge < -0.3 is 0 Å². The summed E-state index contributed by atoms with van der Waals surface area (Å²) < 4.78 is 13.4. The summed E-state index contributed by atoms with van der Waals surface area (Å²) in [6.45, 7) is 1.89. The van der Waals surface area contributed by atoms with Crippen molar-refractivity contribution in [3.63, 3.8) is 0 Å². The molecule has 16 heavy (non-hydrogen) atoms. The number of hydrogen-bond donors (Lipinski definition) is 0. The second kappa shape index (κ2) is 5.61. The lowest BCUT2D eigenvalue weighted by Crippen LogP contribution is -1.92. The molecular formula is C11H11ClFNO2. The zero-order valence-electron chi connectivity index (χ0n) is 8.74. The molecule has 0 saturated carbocycles. The van der Waals surface area contributed by atoms with Gasteiger partial charge >= 0.3 is 0 Å². The smallest absolute Gasteiger partial charge is 0.258 e. The molecule has 0 fully saturated rings. The van der Waals surface area contributed by atoms with Gasteiger partial charge in [-0.15, -0.1) is 11.6 Å². The number of benzene rings is 1. The van der Waals surface area contributed by atoms with Crippen molar-refractivity contribution in [2.45, 2.75) is 13.3 Å². The van der Waals surface area contributed by atoms with Crippen LogP contribution in [0.1, 0.15) is 18.9 Å². The van der Waals surface area contributed by atoms with Gasteiger partial charge in [0.15, 0.2) is 0 Å². The number of nitrogens with zero attached hydrogens (tertiary/aromatic N) is 1. The van der Waals surface area contributed by atoms with Crippen LogP contribution >= 0.6 is 11.6 Å². The largest absolute Gasteiger partial charge is 0.270 e. The van der Waals surface area contributed by atoms with E-state index in [1.807, 2.05) is 6.92 Å². The van der Waals surface area contributed by atoms with Gasteiger partial charge in [-0.1, -0.05) is 18.6 Å². The molecule has 0 bridgehead atoms. The summed E-state index contributed by atoms with van der Waals surface area (Å²) in [6.07, 6.45) is 2.24. The second-order valence-corrected chi connectivity index (χ2v) is 3.52. The average molecular weight is 244 g/mol. The quantitative estimate of drug-likeness (QED) is 0.459. The zero-order chi connectivity index (χ0) is 12.1. The normalized spacial score (nSPS) is 11.6. The summed E-state index contributed by atoms with van der Waals surface area (Å²) in [4.78, 5) is 9.97. The molecule has 0 heterocycles. The van der Waals surface area contributed by atoms with Gasteiger partial charge in [-0.05, 0) is 12.5 Å². The molecule has 0 N–H and O–H groups in total. The minimum absolute atomic E-state index is 0.127. The van der Waals surface area contributed by atoms with E-state index in [2.05, 4.69) is 0 Å². The van der Waals surface area contributed by atoms with Crippen molar-refractivity contribution < 1.29 is 9.31 Å². The third-order valence-corrected chi connectivity index (χ3v) is 2.52. The van der Waals surface area contributed by atoms with E-state index in [1.165, 1.54) is 6.07 Å². The van der Waals surface area contributed by atoms with Gasteiger partial charge in [0.25, 0.3) is 5.69 Å². The Balaban J connectivity index is 3.16. The Morgan fingerprint density at radius 3 is 2.81 bits per heavy atom. The average Bonchev–Trinajstić information content (AvgIpc) is 2.27. The molecule has 0 atom stereocenters. The minimum atomic E-state index is -0.552. The van der Waals surface area contributed by atoms with Crippen LogP contribution in [0.3, 0.4) is 0 Å². The van der Waals surface area contributed by atoms with E-state index in [1.54, 1.807) is 6.08 Å². The van der Waals surface area contributed by atoms with Gasteiger partial charge in [0.1, 0.15) is 5.82 Å². The number of alkyl halides is 1. The number of non-ortho nitro benzene ring substituents is 1. The lowest BCUT2D eigenvalue weighted by atomic mass is 10.1. The van der Waals surface area contributed by atoms with Gasteiger partial charge in [0.05, 0.1) is 4.92 Å². The third kappa shape index (κ3) is 3.03. The van der Waals surface area contributed by atoms with Crippen molar-refractivity contribution in [1.29, 1.82) is 0 Å². The maximum Gasteiger partial charge on any atom is 0.270 e. The molecule has 0 aliphatic heterocycles. The number of hydrogen-bond acceptors (Lipinski definition) is 2.